The van der Waals surface area contributed by atoms with E-state index in [1.54, 1.807) is 25.4 Å². The minimum absolute atomic E-state index is 0.0485. The van der Waals surface area contributed by atoms with E-state index in [9.17, 15) is 13.2 Å². The molecule has 0 bridgehead atoms. The van der Waals surface area contributed by atoms with Crippen molar-refractivity contribution in [2.24, 2.45) is 0 Å². The largest absolute Gasteiger partial charge is 0.410 e. The molecule has 3 aromatic rings. The molecule has 2 heterocycles. The van der Waals surface area contributed by atoms with Crippen LogP contribution in [-0.4, -0.2) is 52.7 Å². The molecule has 0 unspecified atom stereocenters. The van der Waals surface area contributed by atoms with Gasteiger partial charge in [0.25, 0.3) is 11.1 Å². The number of nitrogens with zero attached hydrogens (tertiary/aromatic N) is 3. The SMILES string of the molecule is CN(C1CCCCC1)S(=O)(=O)c1ccc(NC(=O)CSc2nnc(-c3ccc[nH]3)o2)cc1. The zero-order valence-corrected chi connectivity index (χ0v) is 19.3. The fourth-order valence-corrected chi connectivity index (χ4v) is 5.66. The molecule has 170 valence electrons. The monoisotopic (exact) mass is 475 g/mol. The molecule has 0 spiro atoms. The summed E-state index contributed by atoms with van der Waals surface area (Å²) in [4.78, 5) is 15.5. The lowest BCUT2D eigenvalue weighted by atomic mass is 9.96. The summed E-state index contributed by atoms with van der Waals surface area (Å²) in [5, 5.41) is 10.9. The quantitative estimate of drug-likeness (QED) is 0.476. The molecule has 0 aliphatic heterocycles. The molecular weight excluding hydrogens is 450 g/mol. The van der Waals surface area contributed by atoms with E-state index >= 15 is 0 Å². The summed E-state index contributed by atoms with van der Waals surface area (Å²) in [6.45, 7) is 0. The number of thioether (sulfide) groups is 1. The van der Waals surface area contributed by atoms with Crippen LogP contribution >= 0.6 is 11.8 Å². The molecule has 4 rings (SSSR count). The van der Waals surface area contributed by atoms with Gasteiger partial charge in [-0.1, -0.05) is 31.0 Å². The Morgan fingerprint density at radius 3 is 2.62 bits per heavy atom. The number of carbonyl (C=O) groups is 1. The highest BCUT2D eigenvalue weighted by Gasteiger charge is 2.29. The molecule has 0 atom stereocenters. The Morgan fingerprint density at radius 2 is 1.94 bits per heavy atom. The van der Waals surface area contributed by atoms with E-state index in [2.05, 4.69) is 20.5 Å². The van der Waals surface area contributed by atoms with Crippen molar-refractivity contribution < 1.29 is 17.6 Å². The van der Waals surface area contributed by atoms with Crippen molar-refractivity contribution in [2.75, 3.05) is 18.1 Å². The Morgan fingerprint density at radius 1 is 1.19 bits per heavy atom. The standard InChI is InChI=1S/C21H25N5O4S2/c1-26(16-6-3-2-4-7-16)32(28,29)17-11-9-15(10-12-17)23-19(27)14-31-21-25-24-20(30-21)18-8-5-13-22-18/h5,8-13,16,22H,2-4,6-7,14H2,1H3,(H,23,27). The van der Waals surface area contributed by atoms with Crippen LogP contribution in [0.3, 0.4) is 0 Å². The molecule has 1 aliphatic carbocycles. The molecule has 0 radical (unpaired) electrons. The van der Waals surface area contributed by atoms with Gasteiger partial charge in [-0.2, -0.15) is 4.31 Å². The first kappa shape index (κ1) is 22.6. The second-order valence-electron chi connectivity index (χ2n) is 7.63. The number of hydrogen-bond donors (Lipinski definition) is 2. The Kier molecular flexibility index (Phi) is 6.97. The van der Waals surface area contributed by atoms with Gasteiger partial charge in [-0.05, 0) is 49.2 Å². The van der Waals surface area contributed by atoms with Gasteiger partial charge in [0.15, 0.2) is 0 Å². The maximum Gasteiger partial charge on any atom is 0.277 e. The number of rotatable bonds is 8. The Bertz CT molecular complexity index is 1140. The van der Waals surface area contributed by atoms with Crippen molar-refractivity contribution in [1.29, 1.82) is 0 Å². The van der Waals surface area contributed by atoms with Crippen molar-refractivity contribution in [1.82, 2.24) is 19.5 Å². The van der Waals surface area contributed by atoms with Crippen LogP contribution in [0.15, 0.2) is 57.1 Å². The first-order valence-electron chi connectivity index (χ1n) is 10.4. The summed E-state index contributed by atoms with van der Waals surface area (Å²) >= 11 is 1.12. The summed E-state index contributed by atoms with van der Waals surface area (Å²) in [6, 6.07) is 9.93. The van der Waals surface area contributed by atoms with Crippen molar-refractivity contribution in [3.8, 4) is 11.6 Å². The van der Waals surface area contributed by atoms with Crippen LogP contribution in [0, 0.1) is 0 Å². The third-order valence-corrected chi connectivity index (χ3v) is 8.21. The van der Waals surface area contributed by atoms with Gasteiger partial charge in [0.1, 0.15) is 5.69 Å². The van der Waals surface area contributed by atoms with Gasteiger partial charge in [-0.15, -0.1) is 10.2 Å². The second kappa shape index (κ2) is 9.88. The van der Waals surface area contributed by atoms with Crippen LogP contribution in [0.4, 0.5) is 5.69 Å². The first-order valence-corrected chi connectivity index (χ1v) is 12.8. The number of amides is 1. The van der Waals surface area contributed by atoms with Crippen molar-refractivity contribution in [3.05, 3.63) is 42.6 Å². The highest BCUT2D eigenvalue weighted by Crippen LogP contribution is 2.27. The summed E-state index contributed by atoms with van der Waals surface area (Å²) in [7, 11) is -1.91. The number of anilines is 1. The third kappa shape index (κ3) is 5.22. The lowest BCUT2D eigenvalue weighted by Gasteiger charge is -2.30. The number of hydrogen-bond acceptors (Lipinski definition) is 7. The molecule has 1 fully saturated rings. The van der Waals surface area contributed by atoms with E-state index < -0.39 is 10.0 Å². The normalized spacial score (nSPS) is 15.2. The maximum absolute atomic E-state index is 12.9. The molecule has 1 amide bonds. The van der Waals surface area contributed by atoms with Gasteiger partial charge < -0.3 is 14.7 Å². The van der Waals surface area contributed by atoms with Crippen LogP contribution in [-0.2, 0) is 14.8 Å². The van der Waals surface area contributed by atoms with E-state index in [4.69, 9.17) is 4.42 Å². The fourth-order valence-electron chi connectivity index (χ4n) is 3.68. The van der Waals surface area contributed by atoms with Gasteiger partial charge in [0.2, 0.25) is 15.9 Å². The Balaban J connectivity index is 1.31. The summed E-state index contributed by atoms with van der Waals surface area (Å²) in [5.41, 5.74) is 1.23. The molecule has 2 aromatic heterocycles. The number of sulfonamides is 1. The van der Waals surface area contributed by atoms with E-state index in [0.717, 1.165) is 43.9 Å². The highest BCUT2D eigenvalue weighted by atomic mass is 32.2. The predicted octanol–water partition coefficient (Wildman–Crippen LogP) is 3.75. The minimum Gasteiger partial charge on any atom is -0.410 e. The number of nitrogens with one attached hydrogen (secondary N) is 2. The van der Waals surface area contributed by atoms with Crippen molar-refractivity contribution in [2.45, 2.75) is 48.3 Å². The van der Waals surface area contributed by atoms with Crippen LogP contribution in [0.25, 0.3) is 11.6 Å². The summed E-state index contributed by atoms with van der Waals surface area (Å²) < 4.78 is 32.8. The van der Waals surface area contributed by atoms with Gasteiger partial charge >= 0.3 is 0 Å². The topological polar surface area (TPSA) is 121 Å². The Hall–Kier alpha value is -2.63. The average molecular weight is 476 g/mol. The molecule has 1 aliphatic rings. The molecule has 32 heavy (non-hydrogen) atoms. The molecular formula is C21H25N5O4S2. The zero-order chi connectivity index (χ0) is 22.6. The molecule has 9 nitrogen and oxygen atoms in total. The molecule has 1 aromatic carbocycles. The zero-order valence-electron chi connectivity index (χ0n) is 17.7. The lowest BCUT2D eigenvalue weighted by molar-refractivity contribution is -0.113. The smallest absolute Gasteiger partial charge is 0.277 e. The lowest BCUT2D eigenvalue weighted by Crippen LogP contribution is -2.38. The predicted molar refractivity (Wildman–Crippen MR) is 122 cm³/mol. The average Bonchev–Trinajstić information content (AvgIpc) is 3.50. The molecule has 0 saturated heterocycles. The molecule has 2 N–H and O–H groups in total. The third-order valence-electron chi connectivity index (χ3n) is 5.47. The highest BCUT2D eigenvalue weighted by molar-refractivity contribution is 7.99. The van der Waals surface area contributed by atoms with E-state index in [-0.39, 0.29) is 27.8 Å². The van der Waals surface area contributed by atoms with Crippen LogP contribution in [0.2, 0.25) is 0 Å². The van der Waals surface area contributed by atoms with Crippen LogP contribution < -0.4 is 5.32 Å². The number of carbonyl (C=O) groups excluding carboxylic acids is 1. The number of aromatic nitrogens is 3. The van der Waals surface area contributed by atoms with Crippen molar-refractivity contribution in [3.63, 3.8) is 0 Å². The minimum atomic E-state index is -3.56. The molecule has 1 saturated carbocycles. The summed E-state index contributed by atoms with van der Waals surface area (Å²) in [5.74, 6) is 0.175. The van der Waals surface area contributed by atoms with Gasteiger partial charge in [-0.3, -0.25) is 4.79 Å². The first-order chi connectivity index (χ1) is 15.4. The second-order valence-corrected chi connectivity index (χ2v) is 10.6. The van der Waals surface area contributed by atoms with E-state index in [1.807, 2.05) is 12.1 Å². The van der Waals surface area contributed by atoms with Crippen LogP contribution in [0.5, 0.6) is 0 Å². The van der Waals surface area contributed by atoms with E-state index in [0.29, 0.717) is 17.3 Å². The number of aromatic amines is 1. The summed E-state index contributed by atoms with van der Waals surface area (Å²) in [6.07, 6.45) is 6.83. The van der Waals surface area contributed by atoms with Gasteiger partial charge in [0, 0.05) is 25.0 Å². The van der Waals surface area contributed by atoms with Crippen LogP contribution in [0.1, 0.15) is 32.1 Å². The number of benzene rings is 1. The maximum atomic E-state index is 12.9. The van der Waals surface area contributed by atoms with Gasteiger partial charge in [-0.25, -0.2) is 8.42 Å². The number of H-pyrrole nitrogens is 1. The fraction of sp³-hybridized carbons (Fsp3) is 0.381. The van der Waals surface area contributed by atoms with Gasteiger partial charge in [0.05, 0.1) is 10.6 Å². The Labute approximate surface area is 191 Å². The molecule has 11 heteroatoms. The van der Waals surface area contributed by atoms with E-state index in [1.165, 1.54) is 16.4 Å². The van der Waals surface area contributed by atoms with Crippen molar-refractivity contribution >= 4 is 33.4 Å².